The highest BCUT2D eigenvalue weighted by atomic mass is 19.1. The molecule has 1 aromatic heterocycles. The third-order valence-electron chi connectivity index (χ3n) is 3.34. The van der Waals surface area contributed by atoms with Crippen LogP contribution < -0.4 is 4.74 Å². The lowest BCUT2D eigenvalue weighted by Gasteiger charge is -2.09. The van der Waals surface area contributed by atoms with E-state index >= 15 is 0 Å². The zero-order valence-electron chi connectivity index (χ0n) is 12.2. The molecular formula is C17H13FN2O3. The van der Waals surface area contributed by atoms with Crippen LogP contribution in [0.1, 0.15) is 10.5 Å². The number of aromatic carboxylic acids is 1. The Morgan fingerprint density at radius 2 is 2.00 bits per heavy atom. The van der Waals surface area contributed by atoms with Crippen LogP contribution in [0.15, 0.2) is 54.7 Å². The summed E-state index contributed by atoms with van der Waals surface area (Å²) in [7, 11) is 1.54. The third-order valence-corrected chi connectivity index (χ3v) is 3.34. The van der Waals surface area contributed by atoms with Gasteiger partial charge in [0.2, 0.25) is 0 Å². The van der Waals surface area contributed by atoms with Crippen molar-refractivity contribution in [2.75, 3.05) is 7.11 Å². The van der Waals surface area contributed by atoms with Gasteiger partial charge in [0.25, 0.3) is 0 Å². The molecule has 3 rings (SSSR count). The molecule has 0 radical (unpaired) electrons. The second-order valence-electron chi connectivity index (χ2n) is 4.84. The molecule has 0 aliphatic heterocycles. The van der Waals surface area contributed by atoms with E-state index in [1.54, 1.807) is 48.1 Å². The van der Waals surface area contributed by atoms with Crippen LogP contribution in [-0.2, 0) is 0 Å². The predicted octanol–water partition coefficient (Wildman–Crippen LogP) is 3.39. The number of aromatic nitrogens is 2. The van der Waals surface area contributed by atoms with Gasteiger partial charge >= 0.3 is 5.97 Å². The number of ether oxygens (including phenoxy) is 1. The van der Waals surface area contributed by atoms with Gasteiger partial charge < -0.3 is 9.84 Å². The lowest BCUT2D eigenvalue weighted by atomic mass is 10.2. The minimum absolute atomic E-state index is 0.118. The molecule has 3 aromatic rings. The zero-order valence-corrected chi connectivity index (χ0v) is 12.2. The van der Waals surface area contributed by atoms with Gasteiger partial charge in [-0.25, -0.2) is 14.2 Å². The van der Waals surface area contributed by atoms with Crippen LogP contribution in [0.3, 0.4) is 0 Å². The van der Waals surface area contributed by atoms with Crippen LogP contribution in [-0.4, -0.2) is 27.7 Å². The first-order valence-electron chi connectivity index (χ1n) is 6.81. The Balaban J connectivity index is 2.20. The standard InChI is InChI=1S/C17H13FN2O3/c1-23-14-7-2-4-11(8-14)16-19-15(17(21)22)10-20(16)13-6-3-5-12(18)9-13/h2-10H,1H3,(H,21,22). The summed E-state index contributed by atoms with van der Waals surface area (Å²) >= 11 is 0. The van der Waals surface area contributed by atoms with E-state index in [4.69, 9.17) is 4.74 Å². The molecule has 0 aliphatic carbocycles. The molecule has 0 fully saturated rings. The molecule has 6 heteroatoms. The fourth-order valence-corrected chi connectivity index (χ4v) is 2.27. The van der Waals surface area contributed by atoms with Gasteiger partial charge in [-0.15, -0.1) is 0 Å². The van der Waals surface area contributed by atoms with Crippen molar-refractivity contribution in [3.05, 3.63) is 66.2 Å². The van der Waals surface area contributed by atoms with Gasteiger partial charge in [0, 0.05) is 17.4 Å². The van der Waals surface area contributed by atoms with E-state index in [9.17, 15) is 14.3 Å². The molecule has 5 nitrogen and oxygen atoms in total. The lowest BCUT2D eigenvalue weighted by molar-refractivity contribution is 0.0691. The smallest absolute Gasteiger partial charge is 0.356 e. The molecule has 0 spiro atoms. The molecule has 0 atom stereocenters. The zero-order chi connectivity index (χ0) is 16.4. The van der Waals surface area contributed by atoms with E-state index in [1.807, 2.05) is 0 Å². The summed E-state index contributed by atoms with van der Waals surface area (Å²) < 4.78 is 20.2. The van der Waals surface area contributed by atoms with Crippen LogP contribution in [0, 0.1) is 5.82 Å². The van der Waals surface area contributed by atoms with Crippen LogP contribution in [0.25, 0.3) is 17.1 Å². The number of carboxylic acid groups (broad SMARTS) is 1. The summed E-state index contributed by atoms with van der Waals surface area (Å²) in [5.74, 6) is -0.547. The molecule has 0 saturated heterocycles. The average Bonchev–Trinajstić information content (AvgIpc) is 3.00. The van der Waals surface area contributed by atoms with Gasteiger partial charge in [0.05, 0.1) is 7.11 Å². The molecular weight excluding hydrogens is 299 g/mol. The molecule has 2 aromatic carbocycles. The maximum atomic E-state index is 13.5. The molecule has 1 heterocycles. The Morgan fingerprint density at radius 3 is 2.70 bits per heavy atom. The minimum Gasteiger partial charge on any atom is -0.497 e. The van der Waals surface area contributed by atoms with Gasteiger partial charge in [-0.05, 0) is 30.3 Å². The van der Waals surface area contributed by atoms with Gasteiger partial charge in [0.1, 0.15) is 17.4 Å². The topological polar surface area (TPSA) is 64.3 Å². The number of methoxy groups -OCH3 is 1. The Bertz CT molecular complexity index is 874. The number of nitrogens with zero attached hydrogens (tertiary/aromatic N) is 2. The fourth-order valence-electron chi connectivity index (χ4n) is 2.27. The molecule has 0 aliphatic rings. The summed E-state index contributed by atoms with van der Waals surface area (Å²) in [6.45, 7) is 0. The molecule has 23 heavy (non-hydrogen) atoms. The SMILES string of the molecule is COc1cccc(-c2nc(C(=O)O)cn2-c2cccc(F)c2)c1. The van der Waals surface area contributed by atoms with Crippen LogP contribution in [0.5, 0.6) is 5.75 Å². The molecule has 116 valence electrons. The first-order chi connectivity index (χ1) is 11.1. The van der Waals surface area contributed by atoms with E-state index in [0.29, 0.717) is 22.8 Å². The van der Waals surface area contributed by atoms with Gasteiger partial charge in [-0.3, -0.25) is 4.57 Å². The number of carboxylic acids is 1. The molecule has 0 bridgehead atoms. The number of hydrogen-bond donors (Lipinski definition) is 1. The molecule has 0 saturated carbocycles. The number of halogens is 1. The first-order valence-corrected chi connectivity index (χ1v) is 6.81. The largest absolute Gasteiger partial charge is 0.497 e. The van der Waals surface area contributed by atoms with Crippen molar-refractivity contribution in [2.24, 2.45) is 0 Å². The van der Waals surface area contributed by atoms with Crippen LogP contribution in [0.2, 0.25) is 0 Å². The molecule has 1 N–H and O–H groups in total. The maximum absolute atomic E-state index is 13.5. The maximum Gasteiger partial charge on any atom is 0.356 e. The number of carbonyl (C=O) groups is 1. The Hall–Kier alpha value is -3.15. The van der Waals surface area contributed by atoms with E-state index in [0.717, 1.165) is 0 Å². The normalized spacial score (nSPS) is 10.5. The number of benzene rings is 2. The third kappa shape index (κ3) is 2.91. The van der Waals surface area contributed by atoms with Crippen LogP contribution in [0.4, 0.5) is 4.39 Å². The monoisotopic (exact) mass is 312 g/mol. The highest BCUT2D eigenvalue weighted by Gasteiger charge is 2.16. The summed E-state index contributed by atoms with van der Waals surface area (Å²) in [6, 6.07) is 13.0. The van der Waals surface area contributed by atoms with Crippen molar-refractivity contribution in [2.45, 2.75) is 0 Å². The molecule has 0 unspecified atom stereocenters. The van der Waals surface area contributed by atoms with Crippen molar-refractivity contribution in [3.63, 3.8) is 0 Å². The van der Waals surface area contributed by atoms with Gasteiger partial charge in [0.15, 0.2) is 5.69 Å². The Morgan fingerprint density at radius 1 is 1.22 bits per heavy atom. The Kier molecular flexibility index (Phi) is 3.80. The van der Waals surface area contributed by atoms with Gasteiger partial charge in [-0.2, -0.15) is 0 Å². The summed E-state index contributed by atoms with van der Waals surface area (Å²) in [6.07, 6.45) is 1.37. The van der Waals surface area contributed by atoms with Crippen molar-refractivity contribution >= 4 is 5.97 Å². The second-order valence-corrected chi connectivity index (χ2v) is 4.84. The quantitative estimate of drug-likeness (QED) is 0.802. The van der Waals surface area contributed by atoms with Crippen molar-refractivity contribution < 1.29 is 19.0 Å². The number of rotatable bonds is 4. The van der Waals surface area contributed by atoms with E-state index in [-0.39, 0.29) is 5.69 Å². The second kappa shape index (κ2) is 5.92. The minimum atomic E-state index is -1.15. The van der Waals surface area contributed by atoms with E-state index < -0.39 is 11.8 Å². The summed E-state index contributed by atoms with van der Waals surface area (Å²) in [5.41, 5.74) is 1.04. The van der Waals surface area contributed by atoms with Crippen LogP contribution >= 0.6 is 0 Å². The fraction of sp³-hybridized carbons (Fsp3) is 0.0588. The first kappa shape index (κ1) is 14.8. The highest BCUT2D eigenvalue weighted by molar-refractivity contribution is 5.86. The van der Waals surface area contributed by atoms with Crippen molar-refractivity contribution in [3.8, 4) is 22.8 Å². The van der Waals surface area contributed by atoms with Gasteiger partial charge in [-0.1, -0.05) is 18.2 Å². The predicted molar refractivity (Wildman–Crippen MR) is 82.5 cm³/mol. The summed E-state index contributed by atoms with van der Waals surface area (Å²) in [4.78, 5) is 15.4. The summed E-state index contributed by atoms with van der Waals surface area (Å²) in [5, 5.41) is 9.20. The number of imidazole rings is 1. The lowest BCUT2D eigenvalue weighted by Crippen LogP contribution is -1.97. The van der Waals surface area contributed by atoms with E-state index in [1.165, 1.54) is 18.3 Å². The Labute approximate surface area is 131 Å². The highest BCUT2D eigenvalue weighted by Crippen LogP contribution is 2.26. The molecule has 0 amide bonds. The average molecular weight is 312 g/mol. The number of hydrogen-bond acceptors (Lipinski definition) is 3. The van der Waals surface area contributed by atoms with Crippen molar-refractivity contribution in [1.29, 1.82) is 0 Å². The van der Waals surface area contributed by atoms with E-state index in [2.05, 4.69) is 4.98 Å². The van der Waals surface area contributed by atoms with Crippen molar-refractivity contribution in [1.82, 2.24) is 9.55 Å².